The Hall–Kier alpha value is -2.13. The number of nitrogens with zero attached hydrogens (tertiary/aromatic N) is 2. The molecule has 3 rings (SSSR count). The average Bonchev–Trinajstić information content (AvgIpc) is 3.38. The largest absolute Gasteiger partial charge is 0.495 e. The normalized spacial score (nSPS) is 20.7. The highest BCUT2D eigenvalue weighted by Crippen LogP contribution is 2.31. The molecule has 0 N–H and O–H groups in total. The molecular weight excluding hydrogens is 372 g/mol. The van der Waals surface area contributed by atoms with Crippen molar-refractivity contribution in [3.05, 3.63) is 23.8 Å². The first-order valence-electron chi connectivity index (χ1n) is 8.97. The third-order valence-corrected chi connectivity index (χ3v) is 7.00. The molecule has 0 spiro atoms. The van der Waals surface area contributed by atoms with Crippen molar-refractivity contribution in [3.63, 3.8) is 0 Å². The van der Waals surface area contributed by atoms with Gasteiger partial charge in [-0.3, -0.25) is 4.79 Å². The molecule has 1 aromatic carbocycles. The summed E-state index contributed by atoms with van der Waals surface area (Å²) in [6, 6.07) is 3.72. The quantitative estimate of drug-likeness (QED) is 0.696. The van der Waals surface area contributed by atoms with Gasteiger partial charge in [-0.1, -0.05) is 0 Å². The molecule has 0 bridgehead atoms. The first-order chi connectivity index (χ1) is 12.9. The molecule has 1 atom stereocenters. The van der Waals surface area contributed by atoms with E-state index in [1.165, 1.54) is 41.6 Å². The summed E-state index contributed by atoms with van der Waals surface area (Å²) in [5.74, 6) is -0.646. The molecule has 0 aromatic heterocycles. The van der Waals surface area contributed by atoms with Gasteiger partial charge in [0.25, 0.3) is 5.91 Å². The summed E-state index contributed by atoms with van der Waals surface area (Å²) in [6.45, 7) is 1.35. The van der Waals surface area contributed by atoms with Crippen molar-refractivity contribution in [2.24, 2.45) is 0 Å². The number of rotatable bonds is 5. The molecule has 2 aliphatic rings. The highest BCUT2D eigenvalue weighted by molar-refractivity contribution is 7.89. The van der Waals surface area contributed by atoms with E-state index >= 15 is 0 Å². The second-order valence-corrected chi connectivity index (χ2v) is 8.56. The summed E-state index contributed by atoms with van der Waals surface area (Å²) in [5.41, 5.74) is 0.212. The number of hydrogen-bond donors (Lipinski definition) is 0. The standard InChI is InChI=1S/C18H24N2O6S/c1-25-15-8-7-13(12-16(15)27(23,24)19-9-3-4-10-19)17(21)20-11-5-6-14(20)18(22)26-2/h7-8,12,14H,3-6,9-11H2,1-2H3/t14-/m0/s1. The second-order valence-electron chi connectivity index (χ2n) is 6.66. The van der Waals surface area contributed by atoms with Gasteiger partial charge in [0.1, 0.15) is 16.7 Å². The van der Waals surface area contributed by atoms with Crippen molar-refractivity contribution in [2.75, 3.05) is 33.9 Å². The maximum absolute atomic E-state index is 13.0. The van der Waals surface area contributed by atoms with Crippen LogP contribution in [0.15, 0.2) is 23.1 Å². The number of benzene rings is 1. The molecule has 0 radical (unpaired) electrons. The van der Waals surface area contributed by atoms with E-state index in [2.05, 4.69) is 0 Å². The van der Waals surface area contributed by atoms with Gasteiger partial charge in [-0.15, -0.1) is 0 Å². The minimum absolute atomic E-state index is 0.0217. The molecule has 27 heavy (non-hydrogen) atoms. The number of amides is 1. The lowest BCUT2D eigenvalue weighted by Gasteiger charge is -2.23. The van der Waals surface area contributed by atoms with Crippen molar-refractivity contribution in [1.29, 1.82) is 0 Å². The molecule has 2 heterocycles. The molecule has 8 nitrogen and oxygen atoms in total. The Kier molecular flexibility index (Phi) is 5.71. The van der Waals surface area contributed by atoms with Crippen molar-refractivity contribution in [3.8, 4) is 5.75 Å². The van der Waals surface area contributed by atoms with E-state index in [-0.39, 0.29) is 22.1 Å². The van der Waals surface area contributed by atoms with Gasteiger partial charge in [0.15, 0.2) is 0 Å². The number of esters is 1. The lowest BCUT2D eigenvalue weighted by molar-refractivity contribution is -0.145. The molecule has 2 aliphatic heterocycles. The van der Waals surface area contributed by atoms with Gasteiger partial charge in [0.2, 0.25) is 10.0 Å². The average molecular weight is 396 g/mol. The maximum Gasteiger partial charge on any atom is 0.328 e. The highest BCUT2D eigenvalue weighted by Gasteiger charge is 2.36. The first-order valence-corrected chi connectivity index (χ1v) is 10.4. The number of hydrogen-bond acceptors (Lipinski definition) is 6. The van der Waals surface area contributed by atoms with Crippen LogP contribution in [0, 0.1) is 0 Å². The van der Waals surface area contributed by atoms with Gasteiger partial charge in [0.05, 0.1) is 14.2 Å². The summed E-state index contributed by atoms with van der Waals surface area (Å²) >= 11 is 0. The van der Waals surface area contributed by atoms with Crippen molar-refractivity contribution >= 4 is 21.9 Å². The minimum Gasteiger partial charge on any atom is -0.495 e. The van der Waals surface area contributed by atoms with Gasteiger partial charge in [0, 0.05) is 25.2 Å². The van der Waals surface area contributed by atoms with Crippen molar-refractivity contribution < 1.29 is 27.5 Å². The fourth-order valence-electron chi connectivity index (χ4n) is 3.64. The Morgan fingerprint density at radius 2 is 1.78 bits per heavy atom. The van der Waals surface area contributed by atoms with E-state index in [1.54, 1.807) is 0 Å². The third kappa shape index (κ3) is 3.66. The summed E-state index contributed by atoms with van der Waals surface area (Å²) in [6.07, 6.45) is 2.86. The number of ether oxygens (including phenoxy) is 2. The lowest BCUT2D eigenvalue weighted by Crippen LogP contribution is -2.41. The fraction of sp³-hybridized carbons (Fsp3) is 0.556. The Morgan fingerprint density at radius 3 is 2.41 bits per heavy atom. The van der Waals surface area contributed by atoms with Gasteiger partial charge >= 0.3 is 5.97 Å². The first kappa shape index (κ1) is 19.6. The Morgan fingerprint density at radius 1 is 1.07 bits per heavy atom. The van der Waals surface area contributed by atoms with Crippen LogP contribution in [0.5, 0.6) is 5.75 Å². The monoisotopic (exact) mass is 396 g/mol. The Balaban J connectivity index is 1.95. The molecule has 1 aromatic rings. The topological polar surface area (TPSA) is 93.2 Å². The molecule has 2 saturated heterocycles. The zero-order valence-electron chi connectivity index (χ0n) is 15.5. The maximum atomic E-state index is 13.0. The van der Waals surface area contributed by atoms with Crippen molar-refractivity contribution in [2.45, 2.75) is 36.6 Å². The predicted molar refractivity (Wildman–Crippen MR) is 97.1 cm³/mol. The van der Waals surface area contributed by atoms with Crippen LogP contribution in [0.2, 0.25) is 0 Å². The number of likely N-dealkylation sites (tertiary alicyclic amines) is 1. The molecule has 1 amide bonds. The van der Waals surface area contributed by atoms with E-state index in [0.29, 0.717) is 32.5 Å². The zero-order valence-corrected chi connectivity index (χ0v) is 16.3. The van der Waals surface area contributed by atoms with Gasteiger partial charge in [-0.25, -0.2) is 13.2 Å². The Bertz CT molecular complexity index is 832. The van der Waals surface area contributed by atoms with E-state index in [0.717, 1.165) is 12.8 Å². The van der Waals surface area contributed by atoms with Gasteiger partial charge in [-0.05, 0) is 43.9 Å². The SMILES string of the molecule is COC(=O)[C@@H]1CCCN1C(=O)c1ccc(OC)c(S(=O)(=O)N2CCCC2)c1. The zero-order chi connectivity index (χ0) is 19.6. The molecule has 0 saturated carbocycles. The number of sulfonamides is 1. The molecule has 0 aliphatic carbocycles. The molecular formula is C18H24N2O6S. The van der Waals surface area contributed by atoms with Crippen LogP contribution in [0.25, 0.3) is 0 Å². The smallest absolute Gasteiger partial charge is 0.328 e. The summed E-state index contributed by atoms with van der Waals surface area (Å²) in [7, 11) is -1.06. The second kappa shape index (κ2) is 7.85. The van der Waals surface area contributed by atoms with E-state index < -0.39 is 22.0 Å². The summed E-state index contributed by atoms with van der Waals surface area (Å²) < 4.78 is 37.4. The highest BCUT2D eigenvalue weighted by atomic mass is 32.2. The van der Waals surface area contributed by atoms with Crippen LogP contribution in [0.3, 0.4) is 0 Å². The lowest BCUT2D eigenvalue weighted by atomic mass is 10.1. The van der Waals surface area contributed by atoms with Crippen LogP contribution >= 0.6 is 0 Å². The van der Waals surface area contributed by atoms with Crippen LogP contribution in [0.1, 0.15) is 36.0 Å². The van der Waals surface area contributed by atoms with Crippen LogP contribution < -0.4 is 4.74 Å². The molecule has 148 valence electrons. The Labute approximate surface area is 159 Å². The van der Waals surface area contributed by atoms with Crippen LogP contribution in [-0.2, 0) is 19.6 Å². The minimum atomic E-state index is -3.75. The summed E-state index contributed by atoms with van der Waals surface area (Å²) in [4.78, 5) is 26.3. The predicted octanol–water partition coefficient (Wildman–Crippen LogP) is 1.26. The van der Waals surface area contributed by atoms with Crippen molar-refractivity contribution in [1.82, 2.24) is 9.21 Å². The fourth-order valence-corrected chi connectivity index (χ4v) is 5.33. The van der Waals surface area contributed by atoms with Gasteiger partial charge in [-0.2, -0.15) is 4.31 Å². The number of carbonyl (C=O) groups is 2. The third-order valence-electron chi connectivity index (χ3n) is 5.08. The summed E-state index contributed by atoms with van der Waals surface area (Å²) in [5, 5.41) is 0. The van der Waals surface area contributed by atoms with E-state index in [4.69, 9.17) is 9.47 Å². The van der Waals surface area contributed by atoms with Gasteiger partial charge < -0.3 is 14.4 Å². The van der Waals surface area contributed by atoms with E-state index in [1.807, 2.05) is 0 Å². The molecule has 9 heteroatoms. The van der Waals surface area contributed by atoms with Crippen LogP contribution in [-0.4, -0.2) is 69.4 Å². The number of carbonyl (C=O) groups excluding carboxylic acids is 2. The van der Waals surface area contributed by atoms with E-state index in [9.17, 15) is 18.0 Å². The molecule has 2 fully saturated rings. The number of methoxy groups -OCH3 is 2. The molecule has 0 unspecified atom stereocenters. The van der Waals surface area contributed by atoms with Crippen LogP contribution in [0.4, 0.5) is 0 Å².